The summed E-state index contributed by atoms with van der Waals surface area (Å²) in [5.74, 6) is 0. The van der Waals surface area contributed by atoms with Gasteiger partial charge in [0.1, 0.15) is 0 Å². The Morgan fingerprint density at radius 1 is 1.57 bits per heavy atom. The zero-order valence-corrected chi connectivity index (χ0v) is 8.97. The monoisotopic (exact) mass is 197 g/mol. The van der Waals surface area contributed by atoms with Gasteiger partial charge in [-0.2, -0.15) is 5.10 Å². The number of ether oxygens (including phenoxy) is 1. The van der Waals surface area contributed by atoms with Crippen molar-refractivity contribution in [3.8, 4) is 0 Å². The van der Waals surface area contributed by atoms with Crippen LogP contribution in [0.4, 0.5) is 0 Å². The standard InChI is InChI=1S/C10H19N3O/c1-3-4-10-9(8-12-13-10)7-11-5-6-14-2/h8,11H,3-7H2,1-2H3,(H,12,13). The summed E-state index contributed by atoms with van der Waals surface area (Å²) >= 11 is 0. The number of hydrogen-bond donors (Lipinski definition) is 2. The molecule has 80 valence electrons. The maximum absolute atomic E-state index is 4.95. The van der Waals surface area contributed by atoms with Crippen LogP contribution in [0.5, 0.6) is 0 Å². The molecule has 0 aliphatic rings. The second-order valence-electron chi connectivity index (χ2n) is 3.29. The van der Waals surface area contributed by atoms with Crippen LogP contribution < -0.4 is 5.32 Å². The first kappa shape index (κ1) is 11.2. The lowest BCUT2D eigenvalue weighted by Gasteiger charge is -2.03. The Bertz CT molecular complexity index is 247. The highest BCUT2D eigenvalue weighted by atomic mass is 16.5. The SMILES string of the molecule is CCCc1[nH]ncc1CNCCOC. The number of H-pyrrole nitrogens is 1. The van der Waals surface area contributed by atoms with E-state index in [-0.39, 0.29) is 0 Å². The molecule has 1 heterocycles. The summed E-state index contributed by atoms with van der Waals surface area (Å²) in [6, 6.07) is 0. The highest BCUT2D eigenvalue weighted by molar-refractivity contribution is 5.15. The van der Waals surface area contributed by atoms with Gasteiger partial charge in [0.2, 0.25) is 0 Å². The fourth-order valence-electron chi connectivity index (χ4n) is 1.35. The van der Waals surface area contributed by atoms with Gasteiger partial charge in [-0.15, -0.1) is 0 Å². The van der Waals surface area contributed by atoms with E-state index in [0.717, 1.165) is 32.5 Å². The van der Waals surface area contributed by atoms with Gasteiger partial charge >= 0.3 is 0 Å². The molecule has 0 spiro atoms. The largest absolute Gasteiger partial charge is 0.383 e. The number of hydrogen-bond acceptors (Lipinski definition) is 3. The van der Waals surface area contributed by atoms with Crippen LogP contribution in [-0.2, 0) is 17.7 Å². The van der Waals surface area contributed by atoms with Gasteiger partial charge in [0.05, 0.1) is 12.8 Å². The van der Waals surface area contributed by atoms with E-state index in [0.29, 0.717) is 0 Å². The van der Waals surface area contributed by atoms with Crippen LogP contribution in [0.3, 0.4) is 0 Å². The Morgan fingerprint density at radius 3 is 3.14 bits per heavy atom. The van der Waals surface area contributed by atoms with E-state index < -0.39 is 0 Å². The normalized spacial score (nSPS) is 10.7. The first-order valence-electron chi connectivity index (χ1n) is 5.09. The average molecular weight is 197 g/mol. The highest BCUT2D eigenvalue weighted by Gasteiger charge is 2.02. The second-order valence-corrected chi connectivity index (χ2v) is 3.29. The predicted octanol–water partition coefficient (Wildman–Crippen LogP) is 1.10. The Morgan fingerprint density at radius 2 is 2.43 bits per heavy atom. The quantitative estimate of drug-likeness (QED) is 0.643. The molecule has 0 radical (unpaired) electrons. The zero-order valence-electron chi connectivity index (χ0n) is 8.97. The lowest BCUT2D eigenvalue weighted by atomic mass is 10.1. The molecule has 0 amide bonds. The summed E-state index contributed by atoms with van der Waals surface area (Å²) in [4.78, 5) is 0. The molecule has 1 aromatic rings. The molecule has 0 bridgehead atoms. The van der Waals surface area contributed by atoms with E-state index in [9.17, 15) is 0 Å². The van der Waals surface area contributed by atoms with Crippen LogP contribution in [-0.4, -0.2) is 30.5 Å². The van der Waals surface area contributed by atoms with Crippen LogP contribution >= 0.6 is 0 Å². The topological polar surface area (TPSA) is 49.9 Å². The number of rotatable bonds is 7. The molecule has 1 aromatic heterocycles. The molecule has 4 heteroatoms. The minimum absolute atomic E-state index is 0.751. The number of aryl methyl sites for hydroxylation is 1. The third kappa shape index (κ3) is 3.47. The number of nitrogens with zero attached hydrogens (tertiary/aromatic N) is 1. The molecule has 2 N–H and O–H groups in total. The van der Waals surface area contributed by atoms with E-state index in [2.05, 4.69) is 22.4 Å². The molecule has 0 saturated heterocycles. The Hall–Kier alpha value is -0.870. The van der Waals surface area contributed by atoms with Gasteiger partial charge in [-0.25, -0.2) is 0 Å². The van der Waals surface area contributed by atoms with E-state index in [1.807, 2.05) is 6.20 Å². The minimum atomic E-state index is 0.751. The number of nitrogens with one attached hydrogen (secondary N) is 2. The molecule has 0 saturated carbocycles. The molecule has 0 aliphatic carbocycles. The molecule has 0 fully saturated rings. The van der Waals surface area contributed by atoms with E-state index in [1.165, 1.54) is 11.3 Å². The van der Waals surface area contributed by atoms with Crippen molar-refractivity contribution in [1.29, 1.82) is 0 Å². The summed E-state index contributed by atoms with van der Waals surface area (Å²) < 4.78 is 4.95. The summed E-state index contributed by atoms with van der Waals surface area (Å²) in [5.41, 5.74) is 2.51. The molecular formula is C10H19N3O. The Kier molecular flexibility index (Phi) is 5.25. The molecule has 14 heavy (non-hydrogen) atoms. The highest BCUT2D eigenvalue weighted by Crippen LogP contribution is 2.06. The van der Waals surface area contributed by atoms with Crippen molar-refractivity contribution >= 4 is 0 Å². The van der Waals surface area contributed by atoms with Gasteiger partial charge in [0.25, 0.3) is 0 Å². The second kappa shape index (κ2) is 6.56. The van der Waals surface area contributed by atoms with E-state index in [1.54, 1.807) is 7.11 Å². The van der Waals surface area contributed by atoms with Crippen LogP contribution in [0, 0.1) is 0 Å². The third-order valence-electron chi connectivity index (χ3n) is 2.11. The zero-order chi connectivity index (χ0) is 10.2. The molecule has 0 aliphatic heterocycles. The summed E-state index contributed by atoms with van der Waals surface area (Å²) in [6.07, 6.45) is 4.11. The van der Waals surface area contributed by atoms with Crippen LogP contribution in [0.15, 0.2) is 6.20 Å². The van der Waals surface area contributed by atoms with Crippen LogP contribution in [0.2, 0.25) is 0 Å². The Labute approximate surface area is 85.0 Å². The number of methoxy groups -OCH3 is 1. The molecular weight excluding hydrogens is 178 g/mol. The van der Waals surface area contributed by atoms with Crippen molar-refractivity contribution in [3.05, 3.63) is 17.5 Å². The molecule has 0 unspecified atom stereocenters. The van der Waals surface area contributed by atoms with Crippen molar-refractivity contribution in [3.63, 3.8) is 0 Å². The van der Waals surface area contributed by atoms with Crippen molar-refractivity contribution in [2.75, 3.05) is 20.3 Å². The van der Waals surface area contributed by atoms with Gasteiger partial charge in [-0.3, -0.25) is 5.10 Å². The molecule has 1 rings (SSSR count). The van der Waals surface area contributed by atoms with Crippen molar-refractivity contribution in [2.24, 2.45) is 0 Å². The lowest BCUT2D eigenvalue weighted by Crippen LogP contribution is -2.18. The van der Waals surface area contributed by atoms with Gasteiger partial charge in [0, 0.05) is 31.5 Å². The summed E-state index contributed by atoms with van der Waals surface area (Å²) in [7, 11) is 1.71. The fourth-order valence-corrected chi connectivity index (χ4v) is 1.35. The van der Waals surface area contributed by atoms with Gasteiger partial charge < -0.3 is 10.1 Å². The molecule has 0 aromatic carbocycles. The first-order valence-corrected chi connectivity index (χ1v) is 5.09. The smallest absolute Gasteiger partial charge is 0.0587 e. The summed E-state index contributed by atoms with van der Waals surface area (Å²) in [6.45, 7) is 4.67. The van der Waals surface area contributed by atoms with Crippen molar-refractivity contribution in [1.82, 2.24) is 15.5 Å². The van der Waals surface area contributed by atoms with Gasteiger partial charge in [-0.1, -0.05) is 13.3 Å². The number of aromatic nitrogens is 2. The number of aromatic amines is 1. The van der Waals surface area contributed by atoms with Crippen LogP contribution in [0.1, 0.15) is 24.6 Å². The maximum atomic E-state index is 4.95. The third-order valence-corrected chi connectivity index (χ3v) is 2.11. The minimum Gasteiger partial charge on any atom is -0.383 e. The van der Waals surface area contributed by atoms with Crippen molar-refractivity contribution in [2.45, 2.75) is 26.3 Å². The van der Waals surface area contributed by atoms with Crippen LogP contribution in [0.25, 0.3) is 0 Å². The van der Waals surface area contributed by atoms with Crippen molar-refractivity contribution < 1.29 is 4.74 Å². The van der Waals surface area contributed by atoms with Gasteiger partial charge in [0.15, 0.2) is 0 Å². The first-order chi connectivity index (χ1) is 6.88. The molecule has 4 nitrogen and oxygen atoms in total. The van der Waals surface area contributed by atoms with E-state index >= 15 is 0 Å². The predicted molar refractivity (Wildman–Crippen MR) is 56.2 cm³/mol. The maximum Gasteiger partial charge on any atom is 0.0587 e. The summed E-state index contributed by atoms with van der Waals surface area (Å²) in [5, 5.41) is 10.4. The van der Waals surface area contributed by atoms with E-state index in [4.69, 9.17) is 4.74 Å². The lowest BCUT2D eigenvalue weighted by molar-refractivity contribution is 0.199. The average Bonchev–Trinajstić information content (AvgIpc) is 2.61. The molecule has 0 atom stereocenters. The Balaban J connectivity index is 2.30. The fraction of sp³-hybridized carbons (Fsp3) is 0.700. The van der Waals surface area contributed by atoms with Gasteiger partial charge in [-0.05, 0) is 6.42 Å².